The van der Waals surface area contributed by atoms with Crippen LogP contribution < -0.4 is 5.32 Å². The average molecular weight is 325 g/mol. The Hall–Kier alpha value is -2.54. The molecule has 0 aromatic heterocycles. The Morgan fingerprint density at radius 2 is 1.65 bits per heavy atom. The summed E-state index contributed by atoms with van der Waals surface area (Å²) in [6.07, 6.45) is -0.0526. The number of halogens is 3. The lowest BCUT2D eigenvalue weighted by atomic mass is 10.1. The third kappa shape index (κ3) is 4.23. The number of benzene rings is 2. The van der Waals surface area contributed by atoms with Crippen LogP contribution in [0.1, 0.15) is 17.2 Å². The predicted molar refractivity (Wildman–Crippen MR) is 76.1 cm³/mol. The smallest absolute Gasteiger partial charge is 0.224 e. The summed E-state index contributed by atoms with van der Waals surface area (Å²) in [5.41, 5.74) is 0.524. The van der Waals surface area contributed by atoms with Gasteiger partial charge in [-0.15, -0.1) is 0 Å². The maximum Gasteiger partial charge on any atom is 0.224 e. The van der Waals surface area contributed by atoms with E-state index in [2.05, 4.69) is 5.32 Å². The second-order valence-electron chi connectivity index (χ2n) is 4.94. The van der Waals surface area contributed by atoms with Crippen molar-refractivity contribution in [3.05, 3.63) is 65.0 Å². The van der Waals surface area contributed by atoms with Crippen LogP contribution in [0.15, 0.2) is 36.4 Å². The summed E-state index contributed by atoms with van der Waals surface area (Å²) >= 11 is 0. The van der Waals surface area contributed by atoms with E-state index in [-0.39, 0.29) is 17.7 Å². The summed E-state index contributed by atoms with van der Waals surface area (Å²) in [5.74, 6) is -4.85. The molecule has 0 heterocycles. The summed E-state index contributed by atoms with van der Waals surface area (Å²) < 4.78 is 39.4. The van der Waals surface area contributed by atoms with E-state index in [0.717, 1.165) is 12.1 Å². The summed E-state index contributed by atoms with van der Waals surface area (Å²) in [4.78, 5) is 11.9. The van der Waals surface area contributed by atoms with E-state index < -0.39 is 36.0 Å². The van der Waals surface area contributed by atoms with Gasteiger partial charge in [-0.25, -0.2) is 13.2 Å². The molecule has 0 spiro atoms. The molecule has 23 heavy (non-hydrogen) atoms. The molecule has 0 saturated heterocycles. The zero-order valence-electron chi connectivity index (χ0n) is 11.9. The van der Waals surface area contributed by atoms with Crippen molar-refractivity contribution in [3.63, 3.8) is 0 Å². The van der Waals surface area contributed by atoms with Crippen LogP contribution in [0.2, 0.25) is 0 Å². The van der Waals surface area contributed by atoms with Gasteiger partial charge >= 0.3 is 0 Å². The highest BCUT2D eigenvalue weighted by molar-refractivity contribution is 5.79. The van der Waals surface area contributed by atoms with E-state index in [1.807, 2.05) is 0 Å². The van der Waals surface area contributed by atoms with Crippen molar-refractivity contribution in [2.24, 2.45) is 0 Å². The topological polar surface area (TPSA) is 69.6 Å². The molecule has 2 aromatic carbocycles. The van der Waals surface area contributed by atoms with Gasteiger partial charge in [0.1, 0.15) is 5.75 Å². The van der Waals surface area contributed by atoms with Gasteiger partial charge in [-0.1, -0.05) is 12.1 Å². The number of phenolic OH excluding ortho intramolecular Hbond substituents is 1. The third-order valence-corrected chi connectivity index (χ3v) is 3.23. The lowest BCUT2D eigenvalue weighted by Crippen LogP contribution is -2.32. The first-order valence-corrected chi connectivity index (χ1v) is 6.73. The van der Waals surface area contributed by atoms with Crippen molar-refractivity contribution >= 4 is 5.91 Å². The molecule has 0 saturated carbocycles. The number of hydrogen-bond donors (Lipinski definition) is 3. The highest BCUT2D eigenvalue weighted by Crippen LogP contribution is 2.19. The fourth-order valence-electron chi connectivity index (χ4n) is 2.06. The molecule has 2 aromatic rings. The number of carbonyl (C=O) groups excluding carboxylic acids is 1. The normalized spacial score (nSPS) is 12.0. The number of carbonyl (C=O) groups is 1. The van der Waals surface area contributed by atoms with Gasteiger partial charge in [0.05, 0.1) is 19.1 Å². The van der Waals surface area contributed by atoms with Crippen LogP contribution in [0, 0.1) is 17.5 Å². The first kappa shape index (κ1) is 16.8. The first-order valence-electron chi connectivity index (χ1n) is 6.73. The van der Waals surface area contributed by atoms with E-state index in [1.54, 1.807) is 12.1 Å². The maximum atomic E-state index is 13.2. The second kappa shape index (κ2) is 7.15. The van der Waals surface area contributed by atoms with Crippen LogP contribution in [0.5, 0.6) is 5.75 Å². The fraction of sp³-hybridized carbons (Fsp3) is 0.188. The van der Waals surface area contributed by atoms with Crippen molar-refractivity contribution in [2.45, 2.75) is 12.5 Å². The summed E-state index contributed by atoms with van der Waals surface area (Å²) in [6.45, 7) is -0.605. The summed E-state index contributed by atoms with van der Waals surface area (Å²) in [6, 6.07) is 6.29. The lowest BCUT2D eigenvalue weighted by molar-refractivity contribution is -0.121. The summed E-state index contributed by atoms with van der Waals surface area (Å²) in [7, 11) is 0. The van der Waals surface area contributed by atoms with Crippen LogP contribution in [0.3, 0.4) is 0 Å². The van der Waals surface area contributed by atoms with Crippen molar-refractivity contribution < 1.29 is 28.2 Å². The number of rotatable bonds is 5. The molecule has 0 aliphatic rings. The van der Waals surface area contributed by atoms with Crippen LogP contribution >= 0.6 is 0 Å². The van der Waals surface area contributed by atoms with E-state index in [1.165, 1.54) is 12.1 Å². The number of nitrogens with one attached hydrogen (secondary N) is 1. The van der Waals surface area contributed by atoms with E-state index in [0.29, 0.717) is 5.56 Å². The van der Waals surface area contributed by atoms with Crippen molar-refractivity contribution in [1.82, 2.24) is 5.32 Å². The zero-order chi connectivity index (χ0) is 17.0. The molecule has 0 aliphatic heterocycles. The Morgan fingerprint density at radius 1 is 1.09 bits per heavy atom. The number of aromatic hydroxyl groups is 1. The lowest BCUT2D eigenvalue weighted by Gasteiger charge is -2.17. The first-order chi connectivity index (χ1) is 10.9. The molecular formula is C16H14F3NO3. The predicted octanol–water partition coefficient (Wildman–Crippen LogP) is 2.20. The molecule has 0 bridgehead atoms. The van der Waals surface area contributed by atoms with Gasteiger partial charge in [-0.05, 0) is 35.4 Å². The van der Waals surface area contributed by atoms with Gasteiger partial charge in [0.15, 0.2) is 17.5 Å². The molecule has 1 atom stereocenters. The Labute approximate surface area is 130 Å². The molecule has 122 valence electrons. The van der Waals surface area contributed by atoms with E-state index in [9.17, 15) is 23.1 Å². The van der Waals surface area contributed by atoms with Crippen molar-refractivity contribution in [3.8, 4) is 5.75 Å². The summed E-state index contributed by atoms with van der Waals surface area (Å²) in [5, 5.41) is 20.9. The Kier molecular flexibility index (Phi) is 5.23. The second-order valence-corrected chi connectivity index (χ2v) is 4.94. The largest absolute Gasteiger partial charge is 0.508 e. The monoisotopic (exact) mass is 325 g/mol. The number of aliphatic hydroxyl groups is 1. The minimum atomic E-state index is -1.61. The number of aliphatic hydroxyl groups excluding tert-OH is 1. The average Bonchev–Trinajstić information content (AvgIpc) is 2.52. The van der Waals surface area contributed by atoms with E-state index >= 15 is 0 Å². The Bertz CT molecular complexity index is 681. The number of phenols is 1. The van der Waals surface area contributed by atoms with Crippen molar-refractivity contribution in [1.29, 1.82) is 0 Å². The highest BCUT2D eigenvalue weighted by Gasteiger charge is 2.18. The van der Waals surface area contributed by atoms with Crippen LogP contribution in [-0.4, -0.2) is 22.7 Å². The molecule has 3 N–H and O–H groups in total. The maximum absolute atomic E-state index is 13.2. The Balaban J connectivity index is 2.09. The van der Waals surface area contributed by atoms with Gasteiger partial charge in [0.25, 0.3) is 0 Å². The molecule has 1 unspecified atom stereocenters. The van der Waals surface area contributed by atoms with Gasteiger partial charge in [0, 0.05) is 0 Å². The molecule has 4 nitrogen and oxygen atoms in total. The molecule has 0 radical (unpaired) electrons. The van der Waals surface area contributed by atoms with Crippen LogP contribution in [-0.2, 0) is 11.2 Å². The van der Waals surface area contributed by atoms with E-state index in [4.69, 9.17) is 5.11 Å². The van der Waals surface area contributed by atoms with Crippen LogP contribution in [0.4, 0.5) is 13.2 Å². The standard InChI is InChI=1S/C16H14F3NO3/c17-12-6-10(7-13(18)16(12)19)14(8-21)20-15(23)5-9-1-3-11(22)4-2-9/h1-4,6-7,14,21-22H,5,8H2,(H,20,23). The molecule has 0 aliphatic carbocycles. The Morgan fingerprint density at radius 3 is 2.17 bits per heavy atom. The number of hydrogen-bond acceptors (Lipinski definition) is 3. The minimum absolute atomic E-state index is 0.0526. The molecule has 7 heteroatoms. The third-order valence-electron chi connectivity index (χ3n) is 3.23. The molecule has 2 rings (SSSR count). The zero-order valence-corrected chi connectivity index (χ0v) is 11.9. The van der Waals surface area contributed by atoms with Gasteiger partial charge in [0.2, 0.25) is 5.91 Å². The molecule has 0 fully saturated rings. The minimum Gasteiger partial charge on any atom is -0.508 e. The van der Waals surface area contributed by atoms with Gasteiger partial charge in [-0.3, -0.25) is 4.79 Å². The van der Waals surface area contributed by atoms with Crippen LogP contribution in [0.25, 0.3) is 0 Å². The SMILES string of the molecule is O=C(Cc1ccc(O)cc1)NC(CO)c1cc(F)c(F)c(F)c1. The van der Waals surface area contributed by atoms with Gasteiger partial charge in [-0.2, -0.15) is 0 Å². The molecular weight excluding hydrogens is 311 g/mol. The molecule has 1 amide bonds. The quantitative estimate of drug-likeness (QED) is 0.738. The highest BCUT2D eigenvalue weighted by atomic mass is 19.2. The van der Waals surface area contributed by atoms with Crippen molar-refractivity contribution in [2.75, 3.05) is 6.61 Å². The fourth-order valence-corrected chi connectivity index (χ4v) is 2.06. The van der Waals surface area contributed by atoms with Gasteiger partial charge < -0.3 is 15.5 Å². The number of amides is 1.